The summed E-state index contributed by atoms with van der Waals surface area (Å²) in [6.07, 6.45) is 5.40. The van der Waals surface area contributed by atoms with Crippen LogP contribution < -0.4 is 10.2 Å². The number of piperidine rings is 1. The van der Waals surface area contributed by atoms with E-state index >= 15 is 0 Å². The van der Waals surface area contributed by atoms with Crippen molar-refractivity contribution in [1.29, 1.82) is 0 Å². The SMILES string of the molecule is CC1(C(=O)N2CCN(c3ncccn3)CC2)CCNCC1. The van der Waals surface area contributed by atoms with E-state index in [0.717, 1.165) is 58.1 Å². The molecule has 6 heteroatoms. The van der Waals surface area contributed by atoms with E-state index in [1.165, 1.54) is 0 Å². The molecule has 6 nitrogen and oxygen atoms in total. The van der Waals surface area contributed by atoms with E-state index in [1.807, 2.05) is 11.0 Å². The first kappa shape index (κ1) is 14.3. The molecule has 0 aliphatic carbocycles. The second-order valence-corrected chi connectivity index (χ2v) is 6.14. The molecule has 0 aromatic carbocycles. The monoisotopic (exact) mass is 289 g/mol. The van der Waals surface area contributed by atoms with Gasteiger partial charge in [-0.25, -0.2) is 9.97 Å². The van der Waals surface area contributed by atoms with Crippen LogP contribution in [-0.2, 0) is 4.79 Å². The van der Waals surface area contributed by atoms with Crippen molar-refractivity contribution < 1.29 is 4.79 Å². The maximum Gasteiger partial charge on any atom is 0.228 e. The highest BCUT2D eigenvalue weighted by Gasteiger charge is 2.38. The molecule has 0 saturated carbocycles. The number of hydrogen-bond donors (Lipinski definition) is 1. The van der Waals surface area contributed by atoms with Gasteiger partial charge in [-0.15, -0.1) is 0 Å². The summed E-state index contributed by atoms with van der Waals surface area (Å²) in [5, 5.41) is 3.33. The van der Waals surface area contributed by atoms with Crippen LogP contribution in [0.2, 0.25) is 0 Å². The Balaban J connectivity index is 1.59. The third kappa shape index (κ3) is 3.00. The predicted molar refractivity (Wildman–Crippen MR) is 81.0 cm³/mol. The molecule has 3 rings (SSSR count). The average molecular weight is 289 g/mol. The van der Waals surface area contributed by atoms with Crippen LogP contribution in [0.5, 0.6) is 0 Å². The normalized spacial score (nSPS) is 22.1. The highest BCUT2D eigenvalue weighted by molar-refractivity contribution is 5.82. The minimum Gasteiger partial charge on any atom is -0.339 e. The number of nitrogens with zero attached hydrogens (tertiary/aromatic N) is 4. The molecular formula is C15H23N5O. The lowest BCUT2D eigenvalue weighted by Gasteiger charge is -2.41. The lowest BCUT2D eigenvalue weighted by Crippen LogP contribution is -2.54. The van der Waals surface area contributed by atoms with E-state index in [9.17, 15) is 4.79 Å². The quantitative estimate of drug-likeness (QED) is 0.860. The van der Waals surface area contributed by atoms with Crippen molar-refractivity contribution in [2.45, 2.75) is 19.8 Å². The van der Waals surface area contributed by atoms with Crippen LogP contribution in [0.1, 0.15) is 19.8 Å². The molecule has 2 fully saturated rings. The summed E-state index contributed by atoms with van der Waals surface area (Å²) in [6.45, 7) is 7.15. The Morgan fingerprint density at radius 2 is 1.76 bits per heavy atom. The number of carbonyl (C=O) groups excluding carboxylic acids is 1. The number of piperazine rings is 1. The van der Waals surface area contributed by atoms with Crippen molar-refractivity contribution in [1.82, 2.24) is 20.2 Å². The molecule has 2 aliphatic rings. The van der Waals surface area contributed by atoms with Gasteiger partial charge in [0.05, 0.1) is 0 Å². The maximum atomic E-state index is 12.8. The molecule has 0 spiro atoms. The van der Waals surface area contributed by atoms with Gasteiger partial charge in [-0.1, -0.05) is 6.92 Å². The molecule has 1 amide bonds. The van der Waals surface area contributed by atoms with Crippen LogP contribution >= 0.6 is 0 Å². The Morgan fingerprint density at radius 1 is 1.14 bits per heavy atom. The smallest absolute Gasteiger partial charge is 0.228 e. The van der Waals surface area contributed by atoms with Crippen molar-refractivity contribution >= 4 is 11.9 Å². The zero-order chi connectivity index (χ0) is 14.7. The zero-order valence-corrected chi connectivity index (χ0v) is 12.6. The summed E-state index contributed by atoms with van der Waals surface area (Å²) in [5.74, 6) is 1.08. The standard InChI is InChI=1S/C15H23N5O/c1-15(3-7-16-8-4-15)13(21)19-9-11-20(12-10-19)14-17-5-2-6-18-14/h2,5-6,16H,3-4,7-12H2,1H3. The van der Waals surface area contributed by atoms with Gasteiger partial charge >= 0.3 is 0 Å². The van der Waals surface area contributed by atoms with E-state index < -0.39 is 0 Å². The zero-order valence-electron chi connectivity index (χ0n) is 12.6. The number of amides is 1. The fourth-order valence-corrected chi connectivity index (χ4v) is 3.14. The Kier molecular flexibility index (Phi) is 4.05. The fraction of sp³-hybridized carbons (Fsp3) is 0.667. The number of rotatable bonds is 2. The molecule has 114 valence electrons. The van der Waals surface area contributed by atoms with E-state index in [0.29, 0.717) is 5.91 Å². The molecule has 1 aromatic heterocycles. The second kappa shape index (κ2) is 5.97. The Bertz CT molecular complexity index is 478. The topological polar surface area (TPSA) is 61.4 Å². The van der Waals surface area contributed by atoms with Gasteiger partial charge in [0, 0.05) is 44.0 Å². The summed E-state index contributed by atoms with van der Waals surface area (Å²) in [5.41, 5.74) is -0.184. The Hall–Kier alpha value is -1.69. The van der Waals surface area contributed by atoms with E-state index in [-0.39, 0.29) is 5.41 Å². The van der Waals surface area contributed by atoms with Crippen LogP contribution in [0.25, 0.3) is 0 Å². The van der Waals surface area contributed by atoms with E-state index in [4.69, 9.17) is 0 Å². The average Bonchev–Trinajstić information content (AvgIpc) is 2.56. The van der Waals surface area contributed by atoms with Gasteiger partial charge < -0.3 is 15.1 Å². The summed E-state index contributed by atoms with van der Waals surface area (Å²) in [6, 6.07) is 1.82. The predicted octanol–water partition coefficient (Wildman–Crippen LogP) is 0.515. The molecule has 0 radical (unpaired) electrons. The van der Waals surface area contributed by atoms with Gasteiger partial charge in [0.2, 0.25) is 11.9 Å². The van der Waals surface area contributed by atoms with Crippen molar-refractivity contribution in [2.24, 2.45) is 5.41 Å². The lowest BCUT2D eigenvalue weighted by molar-refractivity contribution is -0.143. The first-order valence-electron chi connectivity index (χ1n) is 7.71. The van der Waals surface area contributed by atoms with Gasteiger partial charge in [0.1, 0.15) is 0 Å². The van der Waals surface area contributed by atoms with Crippen molar-refractivity contribution in [2.75, 3.05) is 44.2 Å². The molecule has 3 heterocycles. The summed E-state index contributed by atoms with van der Waals surface area (Å²) < 4.78 is 0. The summed E-state index contributed by atoms with van der Waals surface area (Å²) in [4.78, 5) is 25.5. The molecule has 1 aromatic rings. The molecule has 1 N–H and O–H groups in total. The molecule has 0 atom stereocenters. The summed E-state index contributed by atoms with van der Waals surface area (Å²) in [7, 11) is 0. The van der Waals surface area contributed by atoms with E-state index in [1.54, 1.807) is 12.4 Å². The van der Waals surface area contributed by atoms with Crippen molar-refractivity contribution in [3.63, 3.8) is 0 Å². The van der Waals surface area contributed by atoms with Gasteiger partial charge in [-0.05, 0) is 32.0 Å². The minimum absolute atomic E-state index is 0.184. The molecule has 0 bridgehead atoms. The van der Waals surface area contributed by atoms with Crippen molar-refractivity contribution in [3.8, 4) is 0 Å². The van der Waals surface area contributed by atoms with Gasteiger partial charge in [0.25, 0.3) is 0 Å². The van der Waals surface area contributed by atoms with Gasteiger partial charge in [0.15, 0.2) is 0 Å². The number of nitrogens with one attached hydrogen (secondary N) is 1. The molecule has 21 heavy (non-hydrogen) atoms. The molecular weight excluding hydrogens is 266 g/mol. The molecule has 2 saturated heterocycles. The largest absolute Gasteiger partial charge is 0.339 e. The van der Waals surface area contributed by atoms with Crippen molar-refractivity contribution in [3.05, 3.63) is 18.5 Å². The highest BCUT2D eigenvalue weighted by atomic mass is 16.2. The first-order valence-corrected chi connectivity index (χ1v) is 7.71. The second-order valence-electron chi connectivity index (χ2n) is 6.14. The third-order valence-corrected chi connectivity index (χ3v) is 4.63. The third-order valence-electron chi connectivity index (χ3n) is 4.63. The van der Waals surface area contributed by atoms with Crippen LogP contribution in [0.3, 0.4) is 0 Å². The number of hydrogen-bond acceptors (Lipinski definition) is 5. The summed E-state index contributed by atoms with van der Waals surface area (Å²) >= 11 is 0. The number of carbonyl (C=O) groups is 1. The Labute approximate surface area is 125 Å². The Morgan fingerprint density at radius 3 is 2.38 bits per heavy atom. The van der Waals surface area contributed by atoms with E-state index in [2.05, 4.69) is 27.1 Å². The van der Waals surface area contributed by atoms with Crippen LogP contribution in [-0.4, -0.2) is 60.0 Å². The van der Waals surface area contributed by atoms with Crippen LogP contribution in [0.15, 0.2) is 18.5 Å². The minimum atomic E-state index is -0.184. The van der Waals surface area contributed by atoms with Crippen LogP contribution in [0.4, 0.5) is 5.95 Å². The maximum absolute atomic E-state index is 12.8. The molecule has 2 aliphatic heterocycles. The number of anilines is 1. The van der Waals surface area contributed by atoms with Crippen LogP contribution in [0, 0.1) is 5.41 Å². The number of aromatic nitrogens is 2. The molecule has 0 unspecified atom stereocenters. The van der Waals surface area contributed by atoms with Gasteiger partial charge in [-0.3, -0.25) is 4.79 Å². The highest BCUT2D eigenvalue weighted by Crippen LogP contribution is 2.30. The lowest BCUT2D eigenvalue weighted by atomic mass is 9.79. The first-order chi connectivity index (χ1) is 10.2. The van der Waals surface area contributed by atoms with Gasteiger partial charge in [-0.2, -0.15) is 0 Å². The fourth-order valence-electron chi connectivity index (χ4n) is 3.14.